The first-order valence-corrected chi connectivity index (χ1v) is 11.6. The summed E-state index contributed by atoms with van der Waals surface area (Å²) in [4.78, 5) is 12.0. The highest BCUT2D eigenvalue weighted by molar-refractivity contribution is 14.1. The molecular formula is C17H31IO2Si. The van der Waals surface area contributed by atoms with Gasteiger partial charge in [0.2, 0.25) is 0 Å². The quantitative estimate of drug-likeness (QED) is 0.297. The second-order valence-electron chi connectivity index (χ2n) is 7.35. The molecule has 0 aromatic rings. The minimum absolute atomic E-state index is 0.0494. The summed E-state index contributed by atoms with van der Waals surface area (Å²) < 4.78 is 7.33. The monoisotopic (exact) mass is 422 g/mol. The molecular weight excluding hydrogens is 391 g/mol. The topological polar surface area (TPSA) is 26.3 Å². The molecule has 0 saturated heterocycles. The van der Waals surface area contributed by atoms with Gasteiger partial charge in [0.15, 0.2) is 14.1 Å². The lowest BCUT2D eigenvalue weighted by molar-refractivity contribution is -0.116. The third kappa shape index (κ3) is 8.31. The van der Waals surface area contributed by atoms with E-state index < -0.39 is 8.32 Å². The van der Waals surface area contributed by atoms with Gasteiger partial charge in [-0.05, 0) is 63.2 Å². The average molecular weight is 422 g/mol. The molecule has 0 radical (unpaired) electrons. The predicted molar refractivity (Wildman–Crippen MR) is 103 cm³/mol. The normalized spacial score (nSPS) is 17.1. The van der Waals surface area contributed by atoms with Gasteiger partial charge in [-0.25, -0.2) is 0 Å². The zero-order valence-corrected chi connectivity index (χ0v) is 17.9. The summed E-state index contributed by atoms with van der Waals surface area (Å²) in [5.41, 5.74) is 0. The second kappa shape index (κ2) is 8.63. The smallest absolute Gasteiger partial charge is 0.192 e. The molecule has 0 heterocycles. The van der Waals surface area contributed by atoms with Crippen LogP contribution < -0.4 is 0 Å². The van der Waals surface area contributed by atoms with Gasteiger partial charge in [0, 0.05) is 12.5 Å². The van der Waals surface area contributed by atoms with E-state index in [1.54, 1.807) is 6.08 Å². The highest BCUT2D eigenvalue weighted by Crippen LogP contribution is 2.36. The molecule has 2 atom stereocenters. The highest BCUT2D eigenvalue weighted by Gasteiger charge is 2.37. The van der Waals surface area contributed by atoms with Crippen LogP contribution >= 0.6 is 22.6 Å². The molecule has 0 aromatic carbocycles. The van der Waals surface area contributed by atoms with Crippen molar-refractivity contribution in [3.8, 4) is 0 Å². The van der Waals surface area contributed by atoms with Crippen molar-refractivity contribution in [2.75, 3.05) is 6.61 Å². The maximum absolute atomic E-state index is 12.0. The Bertz CT molecular complexity index is 402. The molecule has 2 nitrogen and oxygen atoms in total. The van der Waals surface area contributed by atoms with Crippen LogP contribution in [-0.2, 0) is 9.22 Å². The van der Waals surface area contributed by atoms with Crippen LogP contribution in [0.4, 0.5) is 0 Å². The first kappa shape index (κ1) is 21.1. The fraction of sp³-hybridized carbons (Fsp3) is 0.706. The number of carbonyl (C=O) groups excluding carboxylic acids is 1. The number of rotatable bonds is 7. The van der Waals surface area contributed by atoms with Crippen molar-refractivity contribution >= 4 is 36.7 Å². The summed E-state index contributed by atoms with van der Waals surface area (Å²) in [6.07, 6.45) is 5.67. The SMILES string of the molecule is C/C(I)=C\[C@H](C)C(=O)/C=C/[C@@H](C)CO[Si](C)(C)C(C)(C)C. The van der Waals surface area contributed by atoms with E-state index in [1.807, 2.05) is 26.0 Å². The molecule has 0 aliphatic carbocycles. The van der Waals surface area contributed by atoms with E-state index in [0.717, 1.165) is 3.58 Å². The molecule has 0 rings (SSSR count). The van der Waals surface area contributed by atoms with Crippen molar-refractivity contribution in [3.63, 3.8) is 0 Å². The van der Waals surface area contributed by atoms with E-state index in [2.05, 4.69) is 63.4 Å². The van der Waals surface area contributed by atoms with Gasteiger partial charge in [-0.1, -0.05) is 46.8 Å². The fourth-order valence-corrected chi connectivity index (χ4v) is 3.10. The maximum atomic E-state index is 12.0. The van der Waals surface area contributed by atoms with Gasteiger partial charge in [0.25, 0.3) is 0 Å². The van der Waals surface area contributed by atoms with Crippen molar-refractivity contribution in [2.45, 2.75) is 59.7 Å². The molecule has 0 saturated carbocycles. The van der Waals surface area contributed by atoms with E-state index in [9.17, 15) is 4.79 Å². The Morgan fingerprint density at radius 3 is 2.24 bits per heavy atom. The van der Waals surface area contributed by atoms with E-state index >= 15 is 0 Å². The number of halogens is 1. The molecule has 21 heavy (non-hydrogen) atoms. The number of allylic oxidation sites excluding steroid dienone is 3. The van der Waals surface area contributed by atoms with E-state index in [0.29, 0.717) is 6.61 Å². The predicted octanol–water partition coefficient (Wildman–Crippen LogP) is 5.74. The molecule has 4 heteroatoms. The molecule has 0 fully saturated rings. The van der Waals surface area contributed by atoms with Crippen molar-refractivity contribution in [1.82, 2.24) is 0 Å². The molecule has 0 aliphatic heterocycles. The lowest BCUT2D eigenvalue weighted by atomic mass is 10.0. The van der Waals surface area contributed by atoms with Crippen LogP contribution in [0.2, 0.25) is 18.1 Å². The molecule has 0 aliphatic rings. The minimum Gasteiger partial charge on any atom is -0.416 e. The molecule has 0 aromatic heterocycles. The van der Waals surface area contributed by atoms with Gasteiger partial charge in [0.05, 0.1) is 0 Å². The van der Waals surface area contributed by atoms with Crippen LogP contribution in [-0.4, -0.2) is 20.7 Å². The Kier molecular flexibility index (Phi) is 8.65. The van der Waals surface area contributed by atoms with Crippen LogP contribution in [0.1, 0.15) is 41.5 Å². The Morgan fingerprint density at radius 1 is 1.29 bits per heavy atom. The summed E-state index contributed by atoms with van der Waals surface area (Å²) in [6, 6.07) is 0. The van der Waals surface area contributed by atoms with Gasteiger partial charge >= 0.3 is 0 Å². The number of hydrogen-bond donors (Lipinski definition) is 0. The van der Waals surface area contributed by atoms with Gasteiger partial charge in [-0.3, -0.25) is 4.79 Å². The van der Waals surface area contributed by atoms with Gasteiger partial charge in [-0.15, -0.1) is 0 Å². The highest BCUT2D eigenvalue weighted by atomic mass is 127. The van der Waals surface area contributed by atoms with E-state index in [4.69, 9.17) is 4.43 Å². The van der Waals surface area contributed by atoms with Crippen molar-refractivity contribution < 1.29 is 9.22 Å². The molecule has 0 unspecified atom stereocenters. The summed E-state index contributed by atoms with van der Waals surface area (Å²) in [5, 5.41) is 0.226. The van der Waals surface area contributed by atoms with Crippen LogP contribution in [0.15, 0.2) is 21.8 Å². The Morgan fingerprint density at radius 2 is 1.81 bits per heavy atom. The number of ketones is 1. The zero-order chi connectivity index (χ0) is 16.8. The molecule has 0 spiro atoms. The Hall–Kier alpha value is 0.0569. The lowest BCUT2D eigenvalue weighted by Gasteiger charge is -2.36. The number of hydrogen-bond acceptors (Lipinski definition) is 2. The Labute approximate surface area is 145 Å². The third-order valence-corrected chi connectivity index (χ3v) is 8.89. The third-order valence-electron chi connectivity index (χ3n) is 4.03. The molecule has 0 bridgehead atoms. The Balaban J connectivity index is 4.45. The lowest BCUT2D eigenvalue weighted by Crippen LogP contribution is -2.41. The van der Waals surface area contributed by atoms with Gasteiger partial charge in [0.1, 0.15) is 0 Å². The average Bonchev–Trinajstić information content (AvgIpc) is 2.31. The summed E-state index contributed by atoms with van der Waals surface area (Å²) in [7, 11) is -1.70. The van der Waals surface area contributed by atoms with E-state index in [-0.39, 0.29) is 22.7 Å². The summed E-state index contributed by atoms with van der Waals surface area (Å²) >= 11 is 2.23. The van der Waals surface area contributed by atoms with Crippen LogP contribution in [0, 0.1) is 11.8 Å². The minimum atomic E-state index is -1.70. The summed E-state index contributed by atoms with van der Waals surface area (Å²) in [5.74, 6) is 0.372. The van der Waals surface area contributed by atoms with Crippen LogP contribution in [0.25, 0.3) is 0 Å². The second-order valence-corrected chi connectivity index (χ2v) is 13.9. The largest absolute Gasteiger partial charge is 0.416 e. The van der Waals surface area contributed by atoms with Crippen molar-refractivity contribution in [1.29, 1.82) is 0 Å². The first-order valence-electron chi connectivity index (χ1n) is 7.56. The summed E-state index contributed by atoms with van der Waals surface area (Å²) in [6.45, 7) is 18.0. The molecule has 0 amide bonds. The van der Waals surface area contributed by atoms with Gasteiger partial charge in [-0.2, -0.15) is 0 Å². The standard InChI is InChI=1S/C17H31IO2Si/c1-13(12-20-21(7,8)17(4,5)6)9-10-16(19)14(2)11-15(3)18/h9-11,13-14H,12H2,1-8H3/b10-9+,15-11+/t13-,14+/m1/s1. The first-order chi connectivity index (χ1) is 9.36. The fourth-order valence-electron chi connectivity index (χ4n) is 1.45. The van der Waals surface area contributed by atoms with Crippen molar-refractivity contribution in [2.24, 2.45) is 11.8 Å². The van der Waals surface area contributed by atoms with Crippen LogP contribution in [0.3, 0.4) is 0 Å². The van der Waals surface area contributed by atoms with Crippen LogP contribution in [0.5, 0.6) is 0 Å². The zero-order valence-electron chi connectivity index (χ0n) is 14.8. The molecule has 0 N–H and O–H groups in total. The molecule has 122 valence electrons. The van der Waals surface area contributed by atoms with Gasteiger partial charge < -0.3 is 4.43 Å². The van der Waals surface area contributed by atoms with Crippen molar-refractivity contribution in [3.05, 3.63) is 21.8 Å². The maximum Gasteiger partial charge on any atom is 0.192 e. The van der Waals surface area contributed by atoms with E-state index in [1.165, 1.54) is 0 Å². The number of carbonyl (C=O) groups is 1.